The summed E-state index contributed by atoms with van der Waals surface area (Å²) in [7, 11) is 1.59. The molecule has 1 atom stereocenters. The van der Waals surface area contributed by atoms with Gasteiger partial charge in [-0.3, -0.25) is 0 Å². The van der Waals surface area contributed by atoms with Gasteiger partial charge in [0.15, 0.2) is 0 Å². The number of furan rings is 1. The Kier molecular flexibility index (Phi) is 4.19. The summed E-state index contributed by atoms with van der Waals surface area (Å²) < 4.78 is 10.9. The van der Waals surface area contributed by atoms with Crippen molar-refractivity contribution in [1.82, 2.24) is 5.32 Å². The van der Waals surface area contributed by atoms with Gasteiger partial charge in [-0.1, -0.05) is 24.3 Å². The number of carbonyl (C=O) groups excluding carboxylic acids is 1. The molecule has 5 heteroatoms. The molecule has 3 rings (SSSR count). The number of para-hydroxylation sites is 1. The molecule has 0 saturated carbocycles. The molecule has 118 valence electrons. The third kappa shape index (κ3) is 3.45. The largest absolute Gasteiger partial charge is 0.497 e. The van der Waals surface area contributed by atoms with E-state index in [1.54, 1.807) is 19.2 Å². The second-order valence-electron chi connectivity index (χ2n) is 5.24. The molecule has 0 saturated heterocycles. The molecule has 0 spiro atoms. The van der Waals surface area contributed by atoms with Crippen LogP contribution in [0.1, 0.15) is 18.7 Å². The summed E-state index contributed by atoms with van der Waals surface area (Å²) in [6, 6.07) is 16.3. The summed E-state index contributed by atoms with van der Waals surface area (Å²) in [5.41, 5.74) is 1.48. The third-order valence-corrected chi connectivity index (χ3v) is 3.55. The van der Waals surface area contributed by atoms with Crippen LogP contribution in [-0.4, -0.2) is 13.1 Å². The molecule has 23 heavy (non-hydrogen) atoms. The molecular weight excluding hydrogens is 292 g/mol. The number of anilines is 1. The number of rotatable bonds is 4. The first kappa shape index (κ1) is 15.0. The number of carbonyl (C=O) groups is 1. The number of fused-ring (bicyclic) bond motifs is 1. The van der Waals surface area contributed by atoms with E-state index in [0.29, 0.717) is 17.2 Å². The number of nitrogens with one attached hydrogen (secondary N) is 2. The average molecular weight is 310 g/mol. The number of urea groups is 1. The van der Waals surface area contributed by atoms with Crippen LogP contribution in [-0.2, 0) is 0 Å². The first-order chi connectivity index (χ1) is 11.2. The van der Waals surface area contributed by atoms with Crippen molar-refractivity contribution in [2.24, 2.45) is 0 Å². The minimum absolute atomic E-state index is 0.243. The highest BCUT2D eigenvalue weighted by atomic mass is 16.5. The Morgan fingerprint density at radius 2 is 1.96 bits per heavy atom. The number of hydrogen-bond acceptors (Lipinski definition) is 3. The van der Waals surface area contributed by atoms with Crippen LogP contribution in [0.25, 0.3) is 11.0 Å². The summed E-state index contributed by atoms with van der Waals surface area (Å²) in [5, 5.41) is 6.66. The van der Waals surface area contributed by atoms with E-state index in [1.165, 1.54) is 0 Å². The minimum Gasteiger partial charge on any atom is -0.497 e. The highest BCUT2D eigenvalue weighted by Gasteiger charge is 2.14. The Labute approximate surface area is 134 Å². The topological polar surface area (TPSA) is 63.5 Å². The third-order valence-electron chi connectivity index (χ3n) is 3.55. The van der Waals surface area contributed by atoms with Crippen molar-refractivity contribution in [3.63, 3.8) is 0 Å². The maximum atomic E-state index is 12.1. The van der Waals surface area contributed by atoms with Gasteiger partial charge >= 0.3 is 6.03 Å². The molecule has 2 aromatic carbocycles. The zero-order valence-electron chi connectivity index (χ0n) is 13.0. The van der Waals surface area contributed by atoms with Crippen molar-refractivity contribution in [1.29, 1.82) is 0 Å². The lowest BCUT2D eigenvalue weighted by Crippen LogP contribution is -2.30. The summed E-state index contributed by atoms with van der Waals surface area (Å²) >= 11 is 0. The van der Waals surface area contributed by atoms with Gasteiger partial charge in [0.1, 0.15) is 17.1 Å². The van der Waals surface area contributed by atoms with Crippen LogP contribution >= 0.6 is 0 Å². The Morgan fingerprint density at radius 1 is 1.13 bits per heavy atom. The fourth-order valence-electron chi connectivity index (χ4n) is 2.35. The summed E-state index contributed by atoms with van der Waals surface area (Å²) in [6.45, 7) is 1.88. The van der Waals surface area contributed by atoms with Crippen LogP contribution in [0.2, 0.25) is 0 Å². The fourth-order valence-corrected chi connectivity index (χ4v) is 2.35. The molecule has 1 heterocycles. The number of benzene rings is 2. The van der Waals surface area contributed by atoms with Crippen molar-refractivity contribution < 1.29 is 13.9 Å². The lowest BCUT2D eigenvalue weighted by atomic mass is 10.2. The van der Waals surface area contributed by atoms with Crippen LogP contribution in [0.3, 0.4) is 0 Å². The van der Waals surface area contributed by atoms with E-state index >= 15 is 0 Å². The molecule has 0 aliphatic heterocycles. The highest BCUT2D eigenvalue weighted by molar-refractivity contribution is 5.89. The molecule has 0 radical (unpaired) electrons. The van der Waals surface area contributed by atoms with E-state index in [1.807, 2.05) is 49.4 Å². The standard InChI is InChI=1S/C18H18N2O3/c1-12(17-10-13-6-3-4-9-16(13)23-17)19-18(21)20-14-7-5-8-15(11-14)22-2/h3-12H,1-2H3,(H2,19,20,21). The van der Waals surface area contributed by atoms with Gasteiger partial charge in [0.25, 0.3) is 0 Å². The summed E-state index contributed by atoms with van der Waals surface area (Å²) in [5.74, 6) is 1.40. The van der Waals surface area contributed by atoms with Crippen LogP contribution in [0.15, 0.2) is 59.0 Å². The Bertz CT molecular complexity index is 793. The SMILES string of the molecule is COc1cccc(NC(=O)NC(C)c2cc3ccccc3o2)c1. The van der Waals surface area contributed by atoms with Crippen LogP contribution in [0, 0.1) is 0 Å². The Hall–Kier alpha value is -2.95. The smallest absolute Gasteiger partial charge is 0.319 e. The molecule has 0 fully saturated rings. The maximum absolute atomic E-state index is 12.1. The minimum atomic E-state index is -0.300. The van der Waals surface area contributed by atoms with Crippen molar-refractivity contribution >= 4 is 22.7 Å². The molecule has 0 bridgehead atoms. The van der Waals surface area contributed by atoms with Gasteiger partial charge in [-0.15, -0.1) is 0 Å². The quantitative estimate of drug-likeness (QED) is 0.754. The zero-order chi connectivity index (χ0) is 16.2. The van der Waals surface area contributed by atoms with E-state index in [-0.39, 0.29) is 12.1 Å². The van der Waals surface area contributed by atoms with Crippen LogP contribution < -0.4 is 15.4 Å². The fraction of sp³-hybridized carbons (Fsp3) is 0.167. The van der Waals surface area contributed by atoms with Crippen molar-refractivity contribution in [3.05, 3.63) is 60.4 Å². The number of ether oxygens (including phenoxy) is 1. The van der Waals surface area contributed by atoms with E-state index in [2.05, 4.69) is 10.6 Å². The lowest BCUT2D eigenvalue weighted by Gasteiger charge is -2.13. The molecule has 0 aliphatic carbocycles. The van der Waals surface area contributed by atoms with Gasteiger partial charge in [-0.25, -0.2) is 4.79 Å². The van der Waals surface area contributed by atoms with E-state index in [0.717, 1.165) is 11.0 Å². The second kappa shape index (κ2) is 6.44. The van der Waals surface area contributed by atoms with Gasteiger partial charge in [-0.05, 0) is 31.2 Å². The number of amides is 2. The number of methoxy groups -OCH3 is 1. The van der Waals surface area contributed by atoms with E-state index < -0.39 is 0 Å². The molecule has 1 unspecified atom stereocenters. The molecule has 2 amide bonds. The number of hydrogen-bond donors (Lipinski definition) is 2. The Morgan fingerprint density at radius 3 is 2.74 bits per heavy atom. The highest BCUT2D eigenvalue weighted by Crippen LogP contribution is 2.23. The first-order valence-corrected chi connectivity index (χ1v) is 7.36. The summed E-state index contributed by atoms with van der Waals surface area (Å²) in [6.07, 6.45) is 0. The van der Waals surface area contributed by atoms with Crippen molar-refractivity contribution in [3.8, 4) is 5.75 Å². The van der Waals surface area contributed by atoms with Gasteiger partial charge in [0.2, 0.25) is 0 Å². The van der Waals surface area contributed by atoms with Crippen LogP contribution in [0.5, 0.6) is 5.75 Å². The molecule has 3 aromatic rings. The zero-order valence-corrected chi connectivity index (χ0v) is 13.0. The predicted molar refractivity (Wildman–Crippen MR) is 89.8 cm³/mol. The summed E-state index contributed by atoms with van der Waals surface area (Å²) in [4.78, 5) is 12.1. The molecule has 2 N–H and O–H groups in total. The van der Waals surface area contributed by atoms with Gasteiger partial charge < -0.3 is 19.8 Å². The maximum Gasteiger partial charge on any atom is 0.319 e. The predicted octanol–water partition coefficient (Wildman–Crippen LogP) is 4.32. The van der Waals surface area contributed by atoms with Gasteiger partial charge in [0.05, 0.1) is 13.2 Å². The molecule has 0 aliphatic rings. The molecule has 1 aromatic heterocycles. The van der Waals surface area contributed by atoms with Gasteiger partial charge in [0, 0.05) is 17.1 Å². The first-order valence-electron chi connectivity index (χ1n) is 7.36. The van der Waals surface area contributed by atoms with Crippen molar-refractivity contribution in [2.45, 2.75) is 13.0 Å². The average Bonchev–Trinajstić information content (AvgIpc) is 2.99. The normalized spacial score (nSPS) is 11.9. The molecular formula is C18H18N2O3. The van der Waals surface area contributed by atoms with Crippen molar-refractivity contribution in [2.75, 3.05) is 12.4 Å². The second-order valence-corrected chi connectivity index (χ2v) is 5.24. The van der Waals surface area contributed by atoms with E-state index in [9.17, 15) is 4.79 Å². The van der Waals surface area contributed by atoms with E-state index in [4.69, 9.17) is 9.15 Å². The van der Waals surface area contributed by atoms with Crippen LogP contribution in [0.4, 0.5) is 10.5 Å². The van der Waals surface area contributed by atoms with Gasteiger partial charge in [-0.2, -0.15) is 0 Å². The molecule has 5 nitrogen and oxygen atoms in total. The Balaban J connectivity index is 1.66. The lowest BCUT2D eigenvalue weighted by molar-refractivity contribution is 0.248. The monoisotopic (exact) mass is 310 g/mol.